The van der Waals surface area contributed by atoms with Crippen molar-refractivity contribution in [2.75, 3.05) is 14.2 Å². The van der Waals surface area contributed by atoms with Gasteiger partial charge in [0.15, 0.2) is 5.78 Å². The molecule has 1 aliphatic rings. The van der Waals surface area contributed by atoms with Gasteiger partial charge in [0.25, 0.3) is 0 Å². The monoisotopic (exact) mass is 337 g/mol. The van der Waals surface area contributed by atoms with Crippen LogP contribution in [0.5, 0.6) is 11.5 Å². The van der Waals surface area contributed by atoms with Gasteiger partial charge in [-0.3, -0.25) is 9.78 Å². The minimum Gasteiger partial charge on any atom is -0.497 e. The standard InChI is InChI=1S/C21H23NO3/c1-21(2)12-19-18(20(23)13-21)8-7-15(22-19)6-5-14-9-16(24-3)11-17(10-14)25-4/h5-11H,12-13H2,1-4H3. The van der Waals surface area contributed by atoms with E-state index in [2.05, 4.69) is 18.8 Å². The van der Waals surface area contributed by atoms with Crippen LogP contribution in [0.15, 0.2) is 30.3 Å². The van der Waals surface area contributed by atoms with E-state index in [9.17, 15) is 4.79 Å². The van der Waals surface area contributed by atoms with Gasteiger partial charge in [0.2, 0.25) is 0 Å². The number of nitrogens with zero attached hydrogens (tertiary/aromatic N) is 1. The molecular weight excluding hydrogens is 314 g/mol. The Hall–Kier alpha value is -2.62. The molecule has 0 fully saturated rings. The number of carbonyl (C=O) groups excluding carboxylic acids is 1. The quantitative estimate of drug-likeness (QED) is 0.828. The Morgan fingerprint density at radius 2 is 1.68 bits per heavy atom. The van der Waals surface area contributed by atoms with E-state index in [1.807, 2.05) is 42.5 Å². The summed E-state index contributed by atoms with van der Waals surface area (Å²) in [5.41, 5.74) is 3.43. The number of aromatic nitrogens is 1. The molecule has 25 heavy (non-hydrogen) atoms. The number of hydrogen-bond acceptors (Lipinski definition) is 4. The minimum atomic E-state index is -0.0282. The molecule has 0 unspecified atom stereocenters. The van der Waals surface area contributed by atoms with Crippen molar-refractivity contribution in [3.05, 3.63) is 52.8 Å². The summed E-state index contributed by atoms with van der Waals surface area (Å²) in [7, 11) is 3.26. The molecule has 0 saturated heterocycles. The highest BCUT2D eigenvalue weighted by atomic mass is 16.5. The average Bonchev–Trinajstić information content (AvgIpc) is 2.58. The second kappa shape index (κ2) is 6.71. The Kier molecular flexibility index (Phi) is 4.62. The molecule has 0 bridgehead atoms. The summed E-state index contributed by atoms with van der Waals surface area (Å²) in [5, 5.41) is 0. The third-order valence-corrected chi connectivity index (χ3v) is 4.40. The summed E-state index contributed by atoms with van der Waals surface area (Å²) in [6, 6.07) is 9.49. The van der Waals surface area contributed by atoms with Gasteiger partial charge in [0.1, 0.15) is 11.5 Å². The molecule has 0 atom stereocenters. The highest BCUT2D eigenvalue weighted by molar-refractivity contribution is 5.98. The third-order valence-electron chi connectivity index (χ3n) is 4.40. The normalized spacial score (nSPS) is 15.9. The molecule has 0 spiro atoms. The largest absolute Gasteiger partial charge is 0.497 e. The average molecular weight is 337 g/mol. The van der Waals surface area contributed by atoms with E-state index < -0.39 is 0 Å². The minimum absolute atomic E-state index is 0.0282. The second-order valence-corrected chi connectivity index (χ2v) is 7.15. The van der Waals surface area contributed by atoms with E-state index in [4.69, 9.17) is 9.47 Å². The number of methoxy groups -OCH3 is 2. The first-order chi connectivity index (χ1) is 11.9. The maximum absolute atomic E-state index is 12.2. The van der Waals surface area contributed by atoms with Crippen LogP contribution >= 0.6 is 0 Å². The van der Waals surface area contributed by atoms with Crippen molar-refractivity contribution in [3.8, 4) is 11.5 Å². The van der Waals surface area contributed by atoms with Crippen LogP contribution in [-0.4, -0.2) is 25.0 Å². The van der Waals surface area contributed by atoms with Crippen LogP contribution in [0.4, 0.5) is 0 Å². The molecule has 0 radical (unpaired) electrons. The van der Waals surface area contributed by atoms with Crippen molar-refractivity contribution in [1.82, 2.24) is 4.98 Å². The lowest BCUT2D eigenvalue weighted by Gasteiger charge is -2.29. The molecule has 130 valence electrons. The van der Waals surface area contributed by atoms with Gasteiger partial charge in [-0.05, 0) is 47.7 Å². The van der Waals surface area contributed by atoms with Gasteiger partial charge in [-0.15, -0.1) is 0 Å². The lowest BCUT2D eigenvalue weighted by atomic mass is 9.75. The number of fused-ring (bicyclic) bond motifs is 1. The fraction of sp³-hybridized carbons (Fsp3) is 0.333. The maximum Gasteiger partial charge on any atom is 0.165 e. The molecule has 4 heteroatoms. The molecule has 1 heterocycles. The van der Waals surface area contributed by atoms with Gasteiger partial charge in [0, 0.05) is 18.1 Å². The van der Waals surface area contributed by atoms with Crippen LogP contribution in [-0.2, 0) is 6.42 Å². The van der Waals surface area contributed by atoms with Gasteiger partial charge >= 0.3 is 0 Å². The number of benzene rings is 1. The van der Waals surface area contributed by atoms with Crippen LogP contribution in [0.25, 0.3) is 12.2 Å². The van der Waals surface area contributed by atoms with Crippen molar-refractivity contribution in [1.29, 1.82) is 0 Å². The fourth-order valence-electron chi connectivity index (χ4n) is 3.15. The predicted molar refractivity (Wildman–Crippen MR) is 99.1 cm³/mol. The first-order valence-electron chi connectivity index (χ1n) is 8.34. The lowest BCUT2D eigenvalue weighted by Crippen LogP contribution is -2.27. The van der Waals surface area contributed by atoms with E-state index >= 15 is 0 Å². The van der Waals surface area contributed by atoms with Gasteiger partial charge in [-0.1, -0.05) is 19.9 Å². The number of hydrogen-bond donors (Lipinski definition) is 0. The second-order valence-electron chi connectivity index (χ2n) is 7.15. The van der Waals surface area contributed by atoms with Crippen molar-refractivity contribution in [2.24, 2.45) is 5.41 Å². The van der Waals surface area contributed by atoms with Crippen molar-refractivity contribution < 1.29 is 14.3 Å². The molecule has 2 aromatic rings. The van der Waals surface area contributed by atoms with E-state index in [1.54, 1.807) is 14.2 Å². The number of carbonyl (C=O) groups is 1. The summed E-state index contributed by atoms with van der Waals surface area (Å²) < 4.78 is 10.6. The van der Waals surface area contributed by atoms with Crippen LogP contribution < -0.4 is 9.47 Å². The SMILES string of the molecule is COc1cc(C=Cc2ccc3c(n2)CC(C)(C)CC3=O)cc(OC)c1. The molecule has 0 aliphatic heterocycles. The summed E-state index contributed by atoms with van der Waals surface area (Å²) >= 11 is 0. The molecular formula is C21H23NO3. The maximum atomic E-state index is 12.2. The third kappa shape index (κ3) is 3.90. The molecule has 1 aliphatic carbocycles. The topological polar surface area (TPSA) is 48.4 Å². The Morgan fingerprint density at radius 3 is 2.32 bits per heavy atom. The predicted octanol–water partition coefficient (Wildman–Crippen LogP) is 4.42. The summed E-state index contributed by atoms with van der Waals surface area (Å²) in [5.74, 6) is 1.67. The number of pyridine rings is 1. The van der Waals surface area contributed by atoms with Gasteiger partial charge in [-0.2, -0.15) is 0 Å². The smallest absolute Gasteiger partial charge is 0.165 e. The molecule has 0 saturated carbocycles. The van der Waals surface area contributed by atoms with Crippen LogP contribution in [0, 0.1) is 5.41 Å². The fourth-order valence-corrected chi connectivity index (χ4v) is 3.15. The van der Waals surface area contributed by atoms with Crippen LogP contribution in [0.2, 0.25) is 0 Å². The molecule has 1 aromatic carbocycles. The van der Waals surface area contributed by atoms with Crippen molar-refractivity contribution >= 4 is 17.9 Å². The summed E-state index contributed by atoms with van der Waals surface area (Å²) in [6.07, 6.45) is 5.32. The highest BCUT2D eigenvalue weighted by Crippen LogP contribution is 2.34. The molecule has 0 N–H and O–H groups in total. The van der Waals surface area contributed by atoms with Crippen LogP contribution in [0.3, 0.4) is 0 Å². The van der Waals surface area contributed by atoms with E-state index in [0.29, 0.717) is 6.42 Å². The number of rotatable bonds is 4. The molecule has 3 rings (SSSR count). The van der Waals surface area contributed by atoms with E-state index in [1.165, 1.54) is 0 Å². The Bertz CT molecular complexity index is 815. The van der Waals surface area contributed by atoms with Crippen molar-refractivity contribution in [3.63, 3.8) is 0 Å². The molecule has 4 nitrogen and oxygen atoms in total. The zero-order valence-corrected chi connectivity index (χ0v) is 15.1. The highest BCUT2D eigenvalue weighted by Gasteiger charge is 2.31. The Labute approximate surface area is 148 Å². The van der Waals surface area contributed by atoms with E-state index in [0.717, 1.165) is 40.4 Å². The Balaban J connectivity index is 1.89. The zero-order valence-electron chi connectivity index (χ0n) is 15.1. The summed E-state index contributed by atoms with van der Waals surface area (Å²) in [4.78, 5) is 16.9. The van der Waals surface area contributed by atoms with E-state index in [-0.39, 0.29) is 11.2 Å². The summed E-state index contributed by atoms with van der Waals surface area (Å²) in [6.45, 7) is 4.22. The number of ether oxygens (including phenoxy) is 2. The zero-order chi connectivity index (χ0) is 18.0. The van der Waals surface area contributed by atoms with Gasteiger partial charge in [-0.25, -0.2) is 0 Å². The molecule has 1 aromatic heterocycles. The first kappa shape index (κ1) is 17.2. The Morgan fingerprint density at radius 1 is 1.00 bits per heavy atom. The number of ketones is 1. The van der Waals surface area contributed by atoms with Crippen molar-refractivity contribution in [2.45, 2.75) is 26.7 Å². The first-order valence-corrected chi connectivity index (χ1v) is 8.34. The number of Topliss-reactive ketones (excluding diaryl/α,β-unsaturated/α-hetero) is 1. The van der Waals surface area contributed by atoms with Gasteiger partial charge in [0.05, 0.1) is 25.6 Å². The molecule has 0 amide bonds. The van der Waals surface area contributed by atoms with Crippen LogP contribution in [0.1, 0.15) is 47.6 Å². The van der Waals surface area contributed by atoms with Gasteiger partial charge < -0.3 is 9.47 Å². The lowest BCUT2D eigenvalue weighted by molar-refractivity contribution is 0.0910.